The highest BCUT2D eigenvalue weighted by Gasteiger charge is 2.23. The Morgan fingerprint density at radius 2 is 2.09 bits per heavy atom. The topological polar surface area (TPSA) is 132 Å². The molecule has 10 nitrogen and oxygen atoms in total. The van der Waals surface area contributed by atoms with Crippen LogP contribution in [0.25, 0.3) is 22.3 Å². The number of nitrogens with one attached hydrogen (secondary N) is 1. The van der Waals surface area contributed by atoms with E-state index < -0.39 is 24.9 Å². The van der Waals surface area contributed by atoms with Crippen molar-refractivity contribution in [3.63, 3.8) is 0 Å². The van der Waals surface area contributed by atoms with Crippen molar-refractivity contribution >= 4 is 30.7 Å². The van der Waals surface area contributed by atoms with E-state index in [1.165, 1.54) is 18.5 Å². The van der Waals surface area contributed by atoms with E-state index in [9.17, 15) is 20.0 Å². The molecule has 2 N–H and O–H groups in total. The number of nitrogens with zero attached hydrogens (tertiary/aromatic N) is 4. The summed E-state index contributed by atoms with van der Waals surface area (Å²) in [6.45, 7) is 9.09. The molecule has 0 spiro atoms. The summed E-state index contributed by atoms with van der Waals surface area (Å²) < 4.78 is 7.61. The number of aromatic nitrogens is 3. The Morgan fingerprint density at radius 3 is 2.76 bits per heavy atom. The van der Waals surface area contributed by atoms with Gasteiger partial charge >= 0.3 is 0 Å². The minimum atomic E-state index is -1.25. The van der Waals surface area contributed by atoms with E-state index in [1.54, 1.807) is 29.8 Å². The molecule has 0 aliphatic heterocycles. The first-order chi connectivity index (χ1) is 15.6. The van der Waals surface area contributed by atoms with E-state index in [0.717, 1.165) is 6.04 Å². The highest BCUT2D eigenvalue weighted by atomic mass is 28.3. The first-order valence-electron chi connectivity index (χ1n) is 10.7. The maximum absolute atomic E-state index is 13.0. The van der Waals surface area contributed by atoms with Gasteiger partial charge in [0, 0.05) is 44.6 Å². The number of amides is 1. The summed E-state index contributed by atoms with van der Waals surface area (Å²) in [4.78, 5) is 32.5. The van der Waals surface area contributed by atoms with Crippen LogP contribution in [0.1, 0.15) is 17.3 Å². The third kappa shape index (κ3) is 6.00. The van der Waals surface area contributed by atoms with Crippen LogP contribution < -0.4 is 5.32 Å². The zero-order valence-corrected chi connectivity index (χ0v) is 20.2. The van der Waals surface area contributed by atoms with Gasteiger partial charge in [-0.05, 0) is 13.0 Å². The van der Waals surface area contributed by atoms with E-state index in [0.29, 0.717) is 34.5 Å². The quantitative estimate of drug-likeness (QED) is 0.200. The highest BCUT2D eigenvalue weighted by molar-refractivity contribution is 6.76. The first kappa shape index (κ1) is 24.5. The molecular formula is C22H29N5O5Si. The number of hydrogen-bond acceptors (Lipinski definition) is 7. The molecule has 2 heterocycles. The molecule has 0 aliphatic carbocycles. The van der Waals surface area contributed by atoms with Crippen LogP contribution in [-0.4, -0.2) is 57.8 Å². The second kappa shape index (κ2) is 10.2. The van der Waals surface area contributed by atoms with Crippen molar-refractivity contribution in [2.75, 3.05) is 13.2 Å². The number of aliphatic hydroxyl groups is 1. The number of nitro groups is 1. The molecule has 0 fully saturated rings. The van der Waals surface area contributed by atoms with E-state index in [4.69, 9.17) is 4.74 Å². The van der Waals surface area contributed by atoms with Crippen LogP contribution in [0.3, 0.4) is 0 Å². The standard InChI is InChI=1S/C22H29N5O5Si/c1-15(12-28)25-22(29)18-11-26(14-32-8-9-33(2,3)4)21-19(18)20(23-13-24-21)16-6-5-7-17(10-16)27(30)31/h5-7,10-11,13,15,28H,8-9,12,14H2,1-4H3,(H,25,29). The van der Waals surface area contributed by atoms with Gasteiger partial charge in [0.2, 0.25) is 0 Å². The minimum absolute atomic E-state index is 0.0757. The molecule has 0 bridgehead atoms. The van der Waals surface area contributed by atoms with Crippen molar-refractivity contribution in [3.05, 3.63) is 52.5 Å². The Bertz CT molecular complexity index is 1160. The highest BCUT2D eigenvalue weighted by Crippen LogP contribution is 2.31. The number of carbonyl (C=O) groups is 1. The molecule has 0 saturated carbocycles. The molecular weight excluding hydrogens is 442 g/mol. The van der Waals surface area contributed by atoms with Gasteiger partial charge in [-0.1, -0.05) is 31.8 Å². The summed E-state index contributed by atoms with van der Waals surface area (Å²) in [6.07, 6.45) is 3.02. The van der Waals surface area contributed by atoms with Crippen LogP contribution in [0.2, 0.25) is 25.7 Å². The van der Waals surface area contributed by atoms with E-state index in [-0.39, 0.29) is 19.0 Å². The molecule has 1 unspecified atom stereocenters. The summed E-state index contributed by atoms with van der Waals surface area (Å²) in [6, 6.07) is 6.65. The second-order valence-electron chi connectivity index (χ2n) is 9.15. The molecule has 1 aromatic carbocycles. The smallest absolute Gasteiger partial charge is 0.270 e. The maximum atomic E-state index is 13.0. The SMILES string of the molecule is CC(CO)NC(=O)c1cn(COCC[Si](C)(C)C)c2ncnc(-c3cccc([N+](=O)[O-])c3)c12. The van der Waals surface area contributed by atoms with Crippen molar-refractivity contribution in [1.82, 2.24) is 19.9 Å². The number of carbonyl (C=O) groups excluding carboxylic acids is 1. The average molecular weight is 472 g/mol. The van der Waals surface area contributed by atoms with E-state index in [2.05, 4.69) is 34.9 Å². The van der Waals surface area contributed by atoms with Crippen LogP contribution >= 0.6 is 0 Å². The lowest BCUT2D eigenvalue weighted by atomic mass is 10.1. The molecule has 176 valence electrons. The molecule has 0 saturated heterocycles. The zero-order chi connectivity index (χ0) is 24.2. The first-order valence-corrected chi connectivity index (χ1v) is 14.4. The summed E-state index contributed by atoms with van der Waals surface area (Å²) in [5.74, 6) is -0.399. The third-order valence-electron chi connectivity index (χ3n) is 5.11. The van der Waals surface area contributed by atoms with Crippen LogP contribution in [0.5, 0.6) is 0 Å². The van der Waals surface area contributed by atoms with Gasteiger partial charge < -0.3 is 19.7 Å². The largest absolute Gasteiger partial charge is 0.394 e. The predicted molar refractivity (Wildman–Crippen MR) is 128 cm³/mol. The number of hydrogen-bond donors (Lipinski definition) is 2. The summed E-state index contributed by atoms with van der Waals surface area (Å²) in [7, 11) is -1.25. The van der Waals surface area contributed by atoms with Crippen LogP contribution in [-0.2, 0) is 11.5 Å². The van der Waals surface area contributed by atoms with Gasteiger partial charge in [-0.2, -0.15) is 0 Å². The molecule has 3 aromatic rings. The van der Waals surface area contributed by atoms with Gasteiger partial charge in [-0.3, -0.25) is 14.9 Å². The lowest BCUT2D eigenvalue weighted by Gasteiger charge is -2.15. The lowest BCUT2D eigenvalue weighted by Crippen LogP contribution is -2.34. The minimum Gasteiger partial charge on any atom is -0.394 e. The van der Waals surface area contributed by atoms with Crippen molar-refractivity contribution < 1.29 is 19.6 Å². The molecule has 33 heavy (non-hydrogen) atoms. The number of benzene rings is 1. The number of nitro benzene ring substituents is 1. The molecule has 1 atom stereocenters. The van der Waals surface area contributed by atoms with Crippen LogP contribution in [0, 0.1) is 10.1 Å². The monoisotopic (exact) mass is 471 g/mol. The predicted octanol–water partition coefficient (Wildman–Crippen LogP) is 3.43. The van der Waals surface area contributed by atoms with Gasteiger partial charge in [-0.15, -0.1) is 0 Å². The van der Waals surface area contributed by atoms with Gasteiger partial charge in [0.1, 0.15) is 18.7 Å². The number of aliphatic hydroxyl groups excluding tert-OH is 1. The Morgan fingerprint density at radius 1 is 1.33 bits per heavy atom. The van der Waals surface area contributed by atoms with E-state index >= 15 is 0 Å². The maximum Gasteiger partial charge on any atom is 0.270 e. The summed E-state index contributed by atoms with van der Waals surface area (Å²) >= 11 is 0. The Labute approximate surface area is 192 Å². The Hall–Kier alpha value is -3.15. The van der Waals surface area contributed by atoms with Gasteiger partial charge in [0.25, 0.3) is 11.6 Å². The fraction of sp³-hybridized carbons (Fsp3) is 0.409. The van der Waals surface area contributed by atoms with E-state index in [1.807, 2.05) is 0 Å². The molecule has 1 amide bonds. The molecule has 3 rings (SSSR count). The fourth-order valence-electron chi connectivity index (χ4n) is 3.27. The van der Waals surface area contributed by atoms with Crippen molar-refractivity contribution in [3.8, 4) is 11.3 Å². The summed E-state index contributed by atoms with van der Waals surface area (Å²) in [5, 5.41) is 23.8. The van der Waals surface area contributed by atoms with Gasteiger partial charge in [0.05, 0.1) is 28.2 Å². The van der Waals surface area contributed by atoms with Crippen LogP contribution in [0.4, 0.5) is 5.69 Å². The molecule has 2 aromatic heterocycles. The zero-order valence-electron chi connectivity index (χ0n) is 19.2. The fourth-order valence-corrected chi connectivity index (χ4v) is 4.02. The molecule has 0 aliphatic rings. The molecule has 11 heteroatoms. The van der Waals surface area contributed by atoms with Gasteiger partial charge in [-0.25, -0.2) is 9.97 Å². The lowest BCUT2D eigenvalue weighted by molar-refractivity contribution is -0.384. The number of fused-ring (bicyclic) bond motifs is 1. The van der Waals surface area contributed by atoms with Crippen molar-refractivity contribution in [2.45, 2.75) is 45.4 Å². The second-order valence-corrected chi connectivity index (χ2v) is 14.8. The average Bonchev–Trinajstić information content (AvgIpc) is 3.15. The van der Waals surface area contributed by atoms with Gasteiger partial charge in [0.15, 0.2) is 0 Å². The number of non-ortho nitro benzene ring substituents is 1. The third-order valence-corrected chi connectivity index (χ3v) is 6.81. The molecule has 0 radical (unpaired) electrons. The number of rotatable bonds is 10. The normalized spacial score (nSPS) is 12.6. The van der Waals surface area contributed by atoms with Crippen molar-refractivity contribution in [1.29, 1.82) is 0 Å². The summed E-state index contributed by atoms with van der Waals surface area (Å²) in [5.41, 5.74) is 1.63. The van der Waals surface area contributed by atoms with Crippen LogP contribution in [0.15, 0.2) is 36.8 Å². The number of ether oxygens (including phenoxy) is 1. The Kier molecular flexibility index (Phi) is 7.56. The Balaban J connectivity index is 2.07. The van der Waals surface area contributed by atoms with Crippen molar-refractivity contribution in [2.24, 2.45) is 0 Å².